The van der Waals surface area contributed by atoms with Crippen molar-refractivity contribution < 1.29 is 4.92 Å². The molecule has 1 aliphatic rings. The van der Waals surface area contributed by atoms with Crippen molar-refractivity contribution in [2.45, 2.75) is 38.1 Å². The van der Waals surface area contributed by atoms with Crippen LogP contribution in [-0.4, -0.2) is 15.9 Å². The second-order valence-electron chi connectivity index (χ2n) is 6.02. The number of rotatable bonds is 4. The Hall–Kier alpha value is -2.68. The van der Waals surface area contributed by atoms with Crippen LogP contribution in [0.5, 0.6) is 0 Å². The highest BCUT2D eigenvalue weighted by molar-refractivity contribution is 5.95. The van der Waals surface area contributed by atoms with E-state index in [1.807, 2.05) is 24.3 Å². The molecule has 2 aromatic rings. The van der Waals surface area contributed by atoms with Crippen molar-refractivity contribution in [3.63, 3.8) is 0 Å². The Balaban J connectivity index is 1.86. The Kier molecular flexibility index (Phi) is 4.38. The van der Waals surface area contributed by atoms with Crippen LogP contribution in [0, 0.1) is 27.4 Å². The van der Waals surface area contributed by atoms with Crippen LogP contribution in [0.2, 0.25) is 0 Å². The molecule has 0 amide bonds. The fourth-order valence-electron chi connectivity index (χ4n) is 3.27. The standard InChI is InChI=1S/C17H18N4O2/c18-10-9-12-5-7-13(8-6-12)20-17-14-3-1-2-4-15(14)19-11-16(17)21(22)23/h1-4,11-13H,5-9H2,(H,19,20). The molecule has 1 aromatic carbocycles. The first-order valence-electron chi connectivity index (χ1n) is 7.84. The van der Waals surface area contributed by atoms with Gasteiger partial charge < -0.3 is 5.32 Å². The molecule has 1 aromatic heterocycles. The number of hydrogen-bond acceptors (Lipinski definition) is 5. The van der Waals surface area contributed by atoms with Gasteiger partial charge in [-0.15, -0.1) is 0 Å². The first kappa shape index (κ1) is 15.2. The van der Waals surface area contributed by atoms with E-state index in [0.29, 0.717) is 18.0 Å². The smallest absolute Gasteiger partial charge is 0.311 e. The van der Waals surface area contributed by atoms with Crippen molar-refractivity contribution >= 4 is 22.3 Å². The van der Waals surface area contributed by atoms with Gasteiger partial charge in [-0.05, 0) is 37.7 Å². The predicted molar refractivity (Wildman–Crippen MR) is 88.0 cm³/mol. The lowest BCUT2D eigenvalue weighted by Crippen LogP contribution is -2.26. The molecular formula is C17H18N4O2. The summed E-state index contributed by atoms with van der Waals surface area (Å²) < 4.78 is 0. The summed E-state index contributed by atoms with van der Waals surface area (Å²) in [5, 5.41) is 24.3. The van der Waals surface area contributed by atoms with Crippen LogP contribution in [0.3, 0.4) is 0 Å². The number of pyridine rings is 1. The fourth-order valence-corrected chi connectivity index (χ4v) is 3.27. The zero-order chi connectivity index (χ0) is 16.2. The number of benzene rings is 1. The molecule has 0 unspecified atom stereocenters. The number of nitrogens with one attached hydrogen (secondary N) is 1. The maximum Gasteiger partial charge on any atom is 0.311 e. The van der Waals surface area contributed by atoms with Crippen LogP contribution in [0.25, 0.3) is 10.9 Å². The van der Waals surface area contributed by atoms with Crippen molar-refractivity contribution in [2.75, 3.05) is 5.32 Å². The van der Waals surface area contributed by atoms with E-state index in [0.717, 1.165) is 36.6 Å². The van der Waals surface area contributed by atoms with Gasteiger partial charge >= 0.3 is 5.69 Å². The number of nitro groups is 1. The number of hydrogen-bond donors (Lipinski definition) is 1. The van der Waals surface area contributed by atoms with Gasteiger partial charge in [0.25, 0.3) is 0 Å². The van der Waals surface area contributed by atoms with Crippen molar-refractivity contribution in [1.29, 1.82) is 5.26 Å². The van der Waals surface area contributed by atoms with Crippen LogP contribution in [0.4, 0.5) is 11.4 Å². The molecule has 1 heterocycles. The minimum atomic E-state index is -0.386. The summed E-state index contributed by atoms with van der Waals surface area (Å²) in [6, 6.07) is 9.89. The number of nitriles is 1. The van der Waals surface area contributed by atoms with Crippen molar-refractivity contribution in [3.8, 4) is 6.07 Å². The lowest BCUT2D eigenvalue weighted by atomic mass is 9.84. The molecule has 0 aliphatic heterocycles. The largest absolute Gasteiger partial charge is 0.376 e. The third-order valence-corrected chi connectivity index (χ3v) is 4.53. The number of para-hydroxylation sites is 1. The van der Waals surface area contributed by atoms with Crippen LogP contribution >= 0.6 is 0 Å². The highest BCUT2D eigenvalue weighted by Gasteiger charge is 2.25. The molecule has 1 fully saturated rings. The third-order valence-electron chi connectivity index (χ3n) is 4.53. The molecule has 6 heteroatoms. The molecule has 0 spiro atoms. The van der Waals surface area contributed by atoms with Gasteiger partial charge in [0, 0.05) is 17.8 Å². The molecule has 1 saturated carbocycles. The first-order valence-corrected chi connectivity index (χ1v) is 7.84. The van der Waals surface area contributed by atoms with Crippen LogP contribution in [0.15, 0.2) is 30.5 Å². The maximum absolute atomic E-state index is 11.3. The predicted octanol–water partition coefficient (Wildman–Crippen LogP) is 4.03. The van der Waals surface area contributed by atoms with Gasteiger partial charge in [-0.25, -0.2) is 4.98 Å². The van der Waals surface area contributed by atoms with Crippen LogP contribution in [-0.2, 0) is 0 Å². The van der Waals surface area contributed by atoms with E-state index in [9.17, 15) is 10.1 Å². The molecular weight excluding hydrogens is 292 g/mol. The Bertz CT molecular complexity index is 761. The van der Waals surface area contributed by atoms with E-state index >= 15 is 0 Å². The monoisotopic (exact) mass is 310 g/mol. The van der Waals surface area contributed by atoms with Gasteiger partial charge in [0.2, 0.25) is 0 Å². The highest BCUT2D eigenvalue weighted by atomic mass is 16.6. The summed E-state index contributed by atoms with van der Waals surface area (Å²) in [4.78, 5) is 15.1. The van der Waals surface area contributed by atoms with Crippen molar-refractivity contribution in [1.82, 2.24) is 4.98 Å². The lowest BCUT2D eigenvalue weighted by Gasteiger charge is -2.28. The Labute approximate surface area is 134 Å². The van der Waals surface area contributed by atoms with Gasteiger partial charge in [-0.2, -0.15) is 5.26 Å². The molecule has 23 heavy (non-hydrogen) atoms. The topological polar surface area (TPSA) is 91.8 Å². The van der Waals surface area contributed by atoms with Gasteiger partial charge in [0.1, 0.15) is 11.9 Å². The van der Waals surface area contributed by atoms with E-state index in [2.05, 4.69) is 16.4 Å². The molecule has 0 atom stereocenters. The van der Waals surface area contributed by atoms with E-state index in [4.69, 9.17) is 5.26 Å². The van der Waals surface area contributed by atoms with Crippen molar-refractivity contribution in [3.05, 3.63) is 40.6 Å². The summed E-state index contributed by atoms with van der Waals surface area (Å²) in [6.45, 7) is 0. The average molecular weight is 310 g/mol. The first-order chi connectivity index (χ1) is 11.2. The number of anilines is 1. The molecule has 0 bridgehead atoms. The average Bonchev–Trinajstić information content (AvgIpc) is 2.57. The van der Waals surface area contributed by atoms with E-state index in [-0.39, 0.29) is 16.7 Å². The van der Waals surface area contributed by atoms with Gasteiger partial charge in [0.15, 0.2) is 0 Å². The van der Waals surface area contributed by atoms with E-state index < -0.39 is 0 Å². The molecule has 0 radical (unpaired) electrons. The summed E-state index contributed by atoms with van der Waals surface area (Å²) in [7, 11) is 0. The molecule has 0 saturated heterocycles. The summed E-state index contributed by atoms with van der Waals surface area (Å²) in [6.07, 6.45) is 5.77. The quantitative estimate of drug-likeness (QED) is 0.680. The van der Waals surface area contributed by atoms with Gasteiger partial charge in [0.05, 0.1) is 16.5 Å². The van der Waals surface area contributed by atoms with Gasteiger partial charge in [-0.1, -0.05) is 18.2 Å². The molecule has 6 nitrogen and oxygen atoms in total. The van der Waals surface area contributed by atoms with E-state index in [1.54, 1.807) is 0 Å². The summed E-state index contributed by atoms with van der Waals surface area (Å²) >= 11 is 0. The molecule has 1 N–H and O–H groups in total. The highest BCUT2D eigenvalue weighted by Crippen LogP contribution is 2.35. The number of nitrogens with zero attached hydrogens (tertiary/aromatic N) is 3. The summed E-state index contributed by atoms with van der Waals surface area (Å²) in [5.74, 6) is 0.460. The minimum absolute atomic E-state index is 0.0165. The third kappa shape index (κ3) is 3.24. The molecule has 1 aliphatic carbocycles. The van der Waals surface area contributed by atoms with E-state index in [1.165, 1.54) is 6.20 Å². The minimum Gasteiger partial charge on any atom is -0.376 e. The Morgan fingerprint density at radius 1 is 1.30 bits per heavy atom. The zero-order valence-corrected chi connectivity index (χ0v) is 12.7. The Morgan fingerprint density at radius 3 is 2.74 bits per heavy atom. The normalized spacial score (nSPS) is 20.8. The Morgan fingerprint density at radius 2 is 2.04 bits per heavy atom. The fraction of sp³-hybridized carbons (Fsp3) is 0.412. The maximum atomic E-state index is 11.3. The second kappa shape index (κ2) is 6.61. The SMILES string of the molecule is N#CCC1CCC(Nc2c([N+](=O)[O-])cnc3ccccc23)CC1. The molecule has 118 valence electrons. The van der Waals surface area contributed by atoms with Crippen LogP contribution in [0.1, 0.15) is 32.1 Å². The van der Waals surface area contributed by atoms with Crippen LogP contribution < -0.4 is 5.32 Å². The second-order valence-corrected chi connectivity index (χ2v) is 6.02. The molecule has 3 rings (SSSR count). The zero-order valence-electron chi connectivity index (χ0n) is 12.7. The van der Waals surface area contributed by atoms with Crippen molar-refractivity contribution in [2.24, 2.45) is 5.92 Å². The lowest BCUT2D eigenvalue weighted by molar-refractivity contribution is -0.384. The van der Waals surface area contributed by atoms with Gasteiger partial charge in [-0.3, -0.25) is 10.1 Å². The number of aromatic nitrogens is 1. The summed E-state index contributed by atoms with van der Waals surface area (Å²) in [5.41, 5.74) is 1.32. The number of fused-ring (bicyclic) bond motifs is 1.